The number of nitrogens with one attached hydrogen (secondary N) is 1. The Kier molecular flexibility index (Phi) is 3.64. The zero-order chi connectivity index (χ0) is 14.2. The third kappa shape index (κ3) is 2.50. The Bertz CT molecular complexity index is 668. The van der Waals surface area contributed by atoms with Gasteiger partial charge in [-0.2, -0.15) is 0 Å². The fraction of sp³-hybridized carbons (Fsp3) is 0.167. The average molecular weight is 298 g/mol. The molecule has 5 nitrogen and oxygen atoms in total. The van der Waals surface area contributed by atoms with Gasteiger partial charge in [0, 0.05) is 10.1 Å². The minimum atomic E-state index is -0.757. The van der Waals surface area contributed by atoms with Crippen LogP contribution in [0.1, 0.15) is 16.6 Å². The Hall–Kier alpha value is -1.79. The molecule has 1 heterocycles. The maximum atomic E-state index is 12.0. The van der Waals surface area contributed by atoms with Gasteiger partial charge in [0.25, 0.3) is 5.91 Å². The molecular weight excluding hydrogens is 286 g/mol. The summed E-state index contributed by atoms with van der Waals surface area (Å²) in [4.78, 5) is 23.3. The highest BCUT2D eigenvalue weighted by Crippen LogP contribution is 2.37. The van der Waals surface area contributed by atoms with Crippen LogP contribution in [0.3, 0.4) is 0 Å². The van der Waals surface area contributed by atoms with E-state index in [-0.39, 0.29) is 0 Å². The summed E-state index contributed by atoms with van der Waals surface area (Å²) >= 11 is 7.28. The smallest absolute Gasteiger partial charge is 0.264 e. The van der Waals surface area contributed by atoms with Crippen molar-refractivity contribution in [2.45, 2.75) is 13.0 Å². The molecule has 100 valence electrons. The van der Waals surface area contributed by atoms with Gasteiger partial charge in [0.1, 0.15) is 10.9 Å². The zero-order valence-corrected chi connectivity index (χ0v) is 11.6. The van der Waals surface area contributed by atoms with Crippen molar-refractivity contribution in [2.75, 3.05) is 5.73 Å². The van der Waals surface area contributed by atoms with Gasteiger partial charge in [0.15, 0.2) is 0 Å². The largest absolute Gasteiger partial charge is 0.397 e. The summed E-state index contributed by atoms with van der Waals surface area (Å²) in [5.41, 5.74) is 11.4. The van der Waals surface area contributed by atoms with Gasteiger partial charge in [-0.05, 0) is 19.1 Å². The second-order valence-corrected chi connectivity index (χ2v) is 5.51. The van der Waals surface area contributed by atoms with Crippen molar-refractivity contribution in [3.8, 4) is 0 Å². The molecule has 7 heteroatoms. The van der Waals surface area contributed by atoms with Crippen molar-refractivity contribution in [1.82, 2.24) is 5.32 Å². The Balaban J connectivity index is 2.41. The van der Waals surface area contributed by atoms with Crippen LogP contribution in [0.5, 0.6) is 0 Å². The molecule has 19 heavy (non-hydrogen) atoms. The monoisotopic (exact) mass is 297 g/mol. The number of hydrogen-bond acceptors (Lipinski definition) is 4. The second kappa shape index (κ2) is 5.07. The van der Waals surface area contributed by atoms with Gasteiger partial charge in [-0.1, -0.05) is 17.7 Å². The highest BCUT2D eigenvalue weighted by Gasteiger charge is 2.20. The molecule has 0 spiro atoms. The van der Waals surface area contributed by atoms with Gasteiger partial charge in [0.05, 0.1) is 10.7 Å². The molecule has 0 aliphatic rings. The third-order valence-electron chi connectivity index (χ3n) is 2.68. The number of carbonyl (C=O) groups is 2. The van der Waals surface area contributed by atoms with E-state index in [1.807, 2.05) is 6.07 Å². The quantitative estimate of drug-likeness (QED) is 0.804. The number of nitrogens with two attached hydrogens (primary N) is 2. The molecule has 1 aromatic heterocycles. The molecule has 1 atom stereocenters. The summed E-state index contributed by atoms with van der Waals surface area (Å²) in [6.07, 6.45) is 0. The lowest BCUT2D eigenvalue weighted by molar-refractivity contribution is -0.119. The van der Waals surface area contributed by atoms with Crippen LogP contribution in [0.15, 0.2) is 18.2 Å². The lowest BCUT2D eigenvalue weighted by atomic mass is 10.2. The van der Waals surface area contributed by atoms with Crippen LogP contribution < -0.4 is 16.8 Å². The van der Waals surface area contributed by atoms with E-state index in [4.69, 9.17) is 23.1 Å². The molecule has 0 aliphatic carbocycles. The van der Waals surface area contributed by atoms with Crippen molar-refractivity contribution in [3.05, 3.63) is 28.1 Å². The molecule has 2 aromatic rings. The first-order valence-electron chi connectivity index (χ1n) is 5.48. The average Bonchev–Trinajstić information content (AvgIpc) is 2.68. The summed E-state index contributed by atoms with van der Waals surface area (Å²) < 4.78 is 0.821. The van der Waals surface area contributed by atoms with E-state index in [1.54, 1.807) is 12.1 Å². The number of nitrogen functional groups attached to an aromatic ring is 1. The molecule has 0 fully saturated rings. The van der Waals surface area contributed by atoms with Gasteiger partial charge in [-0.3, -0.25) is 9.59 Å². The first-order chi connectivity index (χ1) is 8.91. The Morgan fingerprint density at radius 2 is 2.11 bits per heavy atom. The minimum Gasteiger partial charge on any atom is -0.397 e. The fourth-order valence-corrected chi connectivity index (χ4v) is 3.02. The van der Waals surface area contributed by atoms with E-state index < -0.39 is 17.9 Å². The number of thiophene rings is 1. The number of fused-ring (bicyclic) bond motifs is 1. The Morgan fingerprint density at radius 1 is 1.42 bits per heavy atom. The molecule has 0 saturated heterocycles. The van der Waals surface area contributed by atoms with Gasteiger partial charge in [0.2, 0.25) is 5.91 Å². The number of rotatable bonds is 3. The van der Waals surface area contributed by atoms with E-state index in [0.29, 0.717) is 21.0 Å². The molecule has 2 amide bonds. The number of anilines is 1. The minimum absolute atomic E-state index is 0.319. The highest BCUT2D eigenvalue weighted by molar-refractivity contribution is 7.21. The molecule has 5 N–H and O–H groups in total. The number of primary amides is 1. The third-order valence-corrected chi connectivity index (χ3v) is 4.17. The molecule has 1 aromatic carbocycles. The first-order valence-corrected chi connectivity index (χ1v) is 6.68. The molecule has 0 aliphatic heterocycles. The van der Waals surface area contributed by atoms with Crippen molar-refractivity contribution < 1.29 is 9.59 Å². The lowest BCUT2D eigenvalue weighted by Gasteiger charge is -2.09. The molecule has 0 saturated carbocycles. The van der Waals surface area contributed by atoms with Crippen LogP contribution in [0.25, 0.3) is 10.1 Å². The van der Waals surface area contributed by atoms with Crippen LogP contribution >= 0.6 is 22.9 Å². The van der Waals surface area contributed by atoms with Crippen LogP contribution in [0.4, 0.5) is 5.69 Å². The molecule has 2 rings (SSSR count). The highest BCUT2D eigenvalue weighted by atomic mass is 35.5. The second-order valence-electron chi connectivity index (χ2n) is 4.06. The lowest BCUT2D eigenvalue weighted by Crippen LogP contribution is -2.42. The topological polar surface area (TPSA) is 98.2 Å². The maximum Gasteiger partial charge on any atom is 0.264 e. The van der Waals surface area contributed by atoms with E-state index >= 15 is 0 Å². The van der Waals surface area contributed by atoms with E-state index in [1.165, 1.54) is 18.3 Å². The van der Waals surface area contributed by atoms with E-state index in [2.05, 4.69) is 5.32 Å². The molecule has 0 radical (unpaired) electrons. The van der Waals surface area contributed by atoms with Gasteiger partial charge < -0.3 is 16.8 Å². The normalized spacial score (nSPS) is 12.3. The standard InChI is InChI=1S/C12H12ClN3O2S/c1-5(11(15)17)16-12(18)10-9(14)8-6(13)3-2-4-7(8)19-10/h2-5H,14H2,1H3,(H2,15,17)(H,16,18). The fourth-order valence-electron chi connectivity index (χ4n) is 1.63. The zero-order valence-electron chi connectivity index (χ0n) is 10.1. The predicted molar refractivity (Wildman–Crippen MR) is 77.4 cm³/mol. The van der Waals surface area contributed by atoms with Crippen LogP contribution in [-0.4, -0.2) is 17.9 Å². The van der Waals surface area contributed by atoms with Gasteiger partial charge in [-0.15, -0.1) is 11.3 Å². The number of hydrogen-bond donors (Lipinski definition) is 3. The van der Waals surface area contributed by atoms with Crippen molar-refractivity contribution in [3.63, 3.8) is 0 Å². The number of halogens is 1. The van der Waals surface area contributed by atoms with Crippen molar-refractivity contribution in [1.29, 1.82) is 0 Å². The van der Waals surface area contributed by atoms with E-state index in [0.717, 1.165) is 4.70 Å². The number of benzene rings is 1. The number of amides is 2. The summed E-state index contributed by atoms with van der Waals surface area (Å²) in [6.45, 7) is 1.51. The molecule has 0 bridgehead atoms. The van der Waals surface area contributed by atoms with Gasteiger partial charge >= 0.3 is 0 Å². The van der Waals surface area contributed by atoms with Crippen LogP contribution in [0, 0.1) is 0 Å². The molecule has 1 unspecified atom stereocenters. The summed E-state index contributed by atoms with van der Waals surface area (Å²) in [5.74, 6) is -1.04. The Labute approximate surface area is 118 Å². The van der Waals surface area contributed by atoms with E-state index in [9.17, 15) is 9.59 Å². The predicted octanol–water partition coefficient (Wildman–Crippen LogP) is 1.74. The van der Waals surface area contributed by atoms with Crippen LogP contribution in [-0.2, 0) is 4.79 Å². The molecular formula is C12H12ClN3O2S. The Morgan fingerprint density at radius 3 is 2.68 bits per heavy atom. The van der Waals surface area contributed by atoms with Crippen LogP contribution in [0.2, 0.25) is 5.02 Å². The van der Waals surface area contributed by atoms with Crippen molar-refractivity contribution in [2.24, 2.45) is 5.73 Å². The van der Waals surface area contributed by atoms with Crippen molar-refractivity contribution >= 4 is 50.5 Å². The summed E-state index contributed by atoms with van der Waals surface area (Å²) in [7, 11) is 0. The summed E-state index contributed by atoms with van der Waals surface area (Å²) in [5, 5.41) is 3.64. The maximum absolute atomic E-state index is 12.0. The van der Waals surface area contributed by atoms with Gasteiger partial charge in [-0.25, -0.2) is 0 Å². The first kappa shape index (κ1) is 13.6. The number of carbonyl (C=O) groups excluding carboxylic acids is 2. The summed E-state index contributed by atoms with van der Waals surface area (Å²) in [6, 6.07) is 4.57. The SMILES string of the molecule is CC(NC(=O)c1sc2cccc(Cl)c2c1N)C(N)=O.